The van der Waals surface area contributed by atoms with Crippen LogP contribution in [0.3, 0.4) is 0 Å². The monoisotopic (exact) mass is 230 g/mol. The molecule has 1 amide bonds. The molecule has 1 atom stereocenters. The molecule has 1 aromatic rings. The van der Waals surface area contributed by atoms with Gasteiger partial charge in [0.25, 0.3) is 0 Å². The van der Waals surface area contributed by atoms with Crippen molar-refractivity contribution in [2.75, 3.05) is 5.88 Å². The number of amides is 1. The number of aryl methyl sites for hydroxylation is 1. The van der Waals surface area contributed by atoms with Gasteiger partial charge >= 0.3 is 0 Å². The van der Waals surface area contributed by atoms with Crippen LogP contribution in [0.25, 0.3) is 0 Å². The summed E-state index contributed by atoms with van der Waals surface area (Å²) in [7, 11) is 0. The smallest absolute Gasteiger partial charge is 0.224 e. The topological polar surface area (TPSA) is 59.8 Å². The molecule has 0 saturated heterocycles. The van der Waals surface area contributed by atoms with E-state index in [2.05, 4.69) is 15.5 Å². The largest absolute Gasteiger partial charge is 0.349 e. The lowest BCUT2D eigenvalue weighted by Crippen LogP contribution is -2.30. The van der Waals surface area contributed by atoms with Crippen LogP contribution in [0.1, 0.15) is 19.7 Å². The van der Waals surface area contributed by atoms with Gasteiger partial charge in [-0.15, -0.1) is 21.8 Å². The molecule has 1 N–H and O–H groups in total. The van der Waals surface area contributed by atoms with E-state index in [1.807, 2.05) is 11.5 Å². The number of nitrogens with one attached hydrogen (secondary N) is 1. The van der Waals surface area contributed by atoms with E-state index in [0.717, 1.165) is 12.4 Å². The van der Waals surface area contributed by atoms with Crippen molar-refractivity contribution in [2.45, 2.75) is 26.9 Å². The summed E-state index contributed by atoms with van der Waals surface area (Å²) in [6.07, 6.45) is 1.65. The van der Waals surface area contributed by atoms with Gasteiger partial charge in [0.1, 0.15) is 6.33 Å². The summed E-state index contributed by atoms with van der Waals surface area (Å²) < 4.78 is 1.88. The first-order valence-corrected chi connectivity index (χ1v) is 5.42. The van der Waals surface area contributed by atoms with Crippen molar-refractivity contribution in [2.24, 2.45) is 5.92 Å². The second-order valence-corrected chi connectivity index (χ2v) is 3.61. The first kappa shape index (κ1) is 12.0. The van der Waals surface area contributed by atoms with E-state index >= 15 is 0 Å². The Labute approximate surface area is 93.8 Å². The highest BCUT2D eigenvalue weighted by atomic mass is 35.5. The number of hydrogen-bond donors (Lipinski definition) is 1. The highest BCUT2D eigenvalue weighted by Gasteiger charge is 2.12. The van der Waals surface area contributed by atoms with E-state index in [4.69, 9.17) is 11.6 Å². The van der Waals surface area contributed by atoms with Crippen LogP contribution in [-0.2, 0) is 17.9 Å². The molecule has 0 aliphatic rings. The molecule has 0 aromatic carbocycles. The molecule has 15 heavy (non-hydrogen) atoms. The van der Waals surface area contributed by atoms with Crippen molar-refractivity contribution in [3.8, 4) is 0 Å². The van der Waals surface area contributed by atoms with Crippen LogP contribution in [-0.4, -0.2) is 26.6 Å². The predicted molar refractivity (Wildman–Crippen MR) is 57.4 cm³/mol. The molecule has 84 valence electrons. The number of halogens is 1. The lowest BCUT2D eigenvalue weighted by Gasteiger charge is -2.09. The number of carbonyl (C=O) groups excluding carboxylic acids is 1. The number of alkyl halides is 1. The van der Waals surface area contributed by atoms with Crippen LogP contribution >= 0.6 is 11.6 Å². The summed E-state index contributed by atoms with van der Waals surface area (Å²) in [6.45, 7) is 4.97. The second kappa shape index (κ2) is 5.70. The van der Waals surface area contributed by atoms with Gasteiger partial charge in [-0.1, -0.05) is 6.92 Å². The molecule has 1 heterocycles. The van der Waals surface area contributed by atoms with Crippen molar-refractivity contribution < 1.29 is 4.79 Å². The van der Waals surface area contributed by atoms with Gasteiger partial charge in [0.2, 0.25) is 5.91 Å². The van der Waals surface area contributed by atoms with Crippen molar-refractivity contribution in [1.82, 2.24) is 20.1 Å². The minimum absolute atomic E-state index is 0.0596. The Bertz CT molecular complexity index is 326. The summed E-state index contributed by atoms with van der Waals surface area (Å²) in [5, 5.41) is 10.4. The zero-order valence-corrected chi connectivity index (χ0v) is 9.66. The second-order valence-electron chi connectivity index (χ2n) is 3.31. The maximum atomic E-state index is 11.4. The number of aromatic nitrogens is 3. The molecule has 1 rings (SSSR count). The Balaban J connectivity index is 2.47. The SMILES string of the molecule is CCn1cnnc1CNC(=O)C(C)CCl. The Hall–Kier alpha value is -1.10. The van der Waals surface area contributed by atoms with E-state index in [1.54, 1.807) is 13.3 Å². The summed E-state index contributed by atoms with van der Waals surface area (Å²) >= 11 is 5.57. The van der Waals surface area contributed by atoms with Crippen LogP contribution in [0.2, 0.25) is 0 Å². The number of hydrogen-bond acceptors (Lipinski definition) is 3. The molecular weight excluding hydrogens is 216 g/mol. The first-order valence-electron chi connectivity index (χ1n) is 4.89. The summed E-state index contributed by atoms with van der Waals surface area (Å²) in [5.41, 5.74) is 0. The molecular formula is C9H15ClN4O. The highest BCUT2D eigenvalue weighted by molar-refractivity contribution is 6.19. The Morgan fingerprint density at radius 3 is 3.07 bits per heavy atom. The fourth-order valence-electron chi connectivity index (χ4n) is 1.09. The fourth-order valence-corrected chi connectivity index (χ4v) is 1.23. The Morgan fingerprint density at radius 2 is 2.47 bits per heavy atom. The molecule has 6 heteroatoms. The third-order valence-corrected chi connectivity index (χ3v) is 2.60. The lowest BCUT2D eigenvalue weighted by molar-refractivity contribution is -0.124. The van der Waals surface area contributed by atoms with Gasteiger partial charge in [-0.05, 0) is 6.92 Å². The summed E-state index contributed by atoms with van der Waals surface area (Å²) in [6, 6.07) is 0. The van der Waals surface area contributed by atoms with Crippen molar-refractivity contribution >= 4 is 17.5 Å². The van der Waals surface area contributed by atoms with Crippen LogP contribution < -0.4 is 5.32 Å². The maximum Gasteiger partial charge on any atom is 0.224 e. The van der Waals surface area contributed by atoms with Gasteiger partial charge in [0, 0.05) is 18.3 Å². The molecule has 0 aliphatic carbocycles. The highest BCUT2D eigenvalue weighted by Crippen LogP contribution is 1.99. The zero-order chi connectivity index (χ0) is 11.3. The third kappa shape index (κ3) is 3.20. The molecule has 1 aromatic heterocycles. The van der Waals surface area contributed by atoms with E-state index in [-0.39, 0.29) is 11.8 Å². The lowest BCUT2D eigenvalue weighted by atomic mass is 10.2. The number of carbonyl (C=O) groups is 1. The van der Waals surface area contributed by atoms with Gasteiger partial charge < -0.3 is 9.88 Å². The van der Waals surface area contributed by atoms with E-state index in [0.29, 0.717) is 12.4 Å². The zero-order valence-electron chi connectivity index (χ0n) is 8.90. The minimum atomic E-state index is -0.176. The maximum absolute atomic E-state index is 11.4. The average molecular weight is 231 g/mol. The van der Waals surface area contributed by atoms with E-state index in [1.165, 1.54) is 0 Å². The van der Waals surface area contributed by atoms with Gasteiger partial charge in [0.05, 0.1) is 6.54 Å². The molecule has 0 radical (unpaired) electrons. The normalized spacial score (nSPS) is 12.5. The number of rotatable bonds is 5. The number of nitrogens with zero attached hydrogens (tertiary/aromatic N) is 3. The molecule has 0 saturated carbocycles. The van der Waals surface area contributed by atoms with Crippen molar-refractivity contribution in [1.29, 1.82) is 0 Å². The molecule has 0 bridgehead atoms. The van der Waals surface area contributed by atoms with Gasteiger partial charge in [-0.3, -0.25) is 4.79 Å². The fraction of sp³-hybridized carbons (Fsp3) is 0.667. The summed E-state index contributed by atoms with van der Waals surface area (Å²) in [5.74, 6) is 0.847. The molecule has 5 nitrogen and oxygen atoms in total. The van der Waals surface area contributed by atoms with Crippen LogP contribution in [0, 0.1) is 5.92 Å². The third-order valence-electron chi connectivity index (χ3n) is 2.14. The van der Waals surface area contributed by atoms with Gasteiger partial charge in [0.15, 0.2) is 5.82 Å². The standard InChI is InChI=1S/C9H15ClN4O/c1-3-14-6-12-13-8(14)5-11-9(15)7(2)4-10/h6-7H,3-5H2,1-2H3,(H,11,15). The van der Waals surface area contributed by atoms with E-state index < -0.39 is 0 Å². The van der Waals surface area contributed by atoms with E-state index in [9.17, 15) is 4.79 Å². The predicted octanol–water partition coefficient (Wildman–Crippen LogP) is 0.789. The van der Waals surface area contributed by atoms with Crippen LogP contribution in [0.4, 0.5) is 0 Å². The quantitative estimate of drug-likeness (QED) is 0.761. The minimum Gasteiger partial charge on any atom is -0.349 e. The Kier molecular flexibility index (Phi) is 4.55. The molecule has 0 fully saturated rings. The Morgan fingerprint density at radius 1 is 1.73 bits per heavy atom. The average Bonchev–Trinajstić information content (AvgIpc) is 2.71. The molecule has 1 unspecified atom stereocenters. The molecule has 0 aliphatic heterocycles. The molecule has 0 spiro atoms. The first-order chi connectivity index (χ1) is 7.19. The van der Waals surface area contributed by atoms with Gasteiger partial charge in [-0.2, -0.15) is 0 Å². The van der Waals surface area contributed by atoms with Crippen LogP contribution in [0.15, 0.2) is 6.33 Å². The van der Waals surface area contributed by atoms with Crippen LogP contribution in [0.5, 0.6) is 0 Å². The van der Waals surface area contributed by atoms with Crippen molar-refractivity contribution in [3.05, 3.63) is 12.2 Å². The van der Waals surface area contributed by atoms with Crippen molar-refractivity contribution in [3.63, 3.8) is 0 Å². The van der Waals surface area contributed by atoms with Gasteiger partial charge in [-0.25, -0.2) is 0 Å². The summed E-state index contributed by atoms with van der Waals surface area (Å²) in [4.78, 5) is 11.4.